The number of fused-ring (bicyclic) bond motifs is 2. The molecule has 8 nitrogen and oxygen atoms in total. The van der Waals surface area contributed by atoms with E-state index in [9.17, 15) is 5.11 Å². The molecule has 1 saturated heterocycles. The zero-order valence-corrected chi connectivity index (χ0v) is 19.2. The van der Waals surface area contributed by atoms with Gasteiger partial charge < -0.3 is 19.5 Å². The molecule has 1 aliphatic heterocycles. The highest BCUT2D eigenvalue weighted by atomic mass is 19.1. The number of pyridine rings is 2. The zero-order chi connectivity index (χ0) is 23.5. The summed E-state index contributed by atoms with van der Waals surface area (Å²) < 4.78 is 28.8. The van der Waals surface area contributed by atoms with Crippen molar-refractivity contribution in [2.24, 2.45) is 0 Å². The van der Waals surface area contributed by atoms with Gasteiger partial charge in [0.2, 0.25) is 0 Å². The van der Waals surface area contributed by atoms with E-state index in [1.165, 1.54) is 6.07 Å². The fraction of sp³-hybridized carbons (Fsp3) is 0.400. The standard InChI is InChI=1S/C25H28FN5O3/c1-33-25(8-4-10-30(12-9-25)13-14-32)17-34-19-15-18-6-7-21(27-23(18)20(26)16-19)24-29-28-22-5-2-3-11-31(22)24/h2-3,5-7,11,15-16,32H,4,8-10,12-14,17H2,1H3. The maximum atomic E-state index is 15.1. The lowest BCUT2D eigenvalue weighted by Gasteiger charge is -2.31. The number of hydrogen-bond donors (Lipinski definition) is 1. The van der Waals surface area contributed by atoms with E-state index in [0.717, 1.165) is 32.4 Å². The topological polar surface area (TPSA) is 85.0 Å². The largest absolute Gasteiger partial charge is 0.490 e. The van der Waals surface area contributed by atoms with Crippen LogP contribution in [-0.4, -0.2) is 75.1 Å². The number of likely N-dealkylation sites (tertiary alicyclic amines) is 1. The molecule has 0 spiro atoms. The monoisotopic (exact) mass is 465 g/mol. The SMILES string of the molecule is COC1(COc2cc(F)c3nc(-c4nnc5ccccn45)ccc3c2)CCCN(CCO)CC1. The summed E-state index contributed by atoms with van der Waals surface area (Å²) in [6.07, 6.45) is 4.44. The molecule has 3 aromatic heterocycles. The van der Waals surface area contributed by atoms with E-state index < -0.39 is 11.4 Å². The third-order valence-corrected chi connectivity index (χ3v) is 6.60. The van der Waals surface area contributed by atoms with Crippen molar-refractivity contribution in [1.82, 2.24) is 24.5 Å². The molecule has 1 aromatic carbocycles. The van der Waals surface area contributed by atoms with Crippen molar-refractivity contribution in [2.45, 2.75) is 24.9 Å². The first-order valence-corrected chi connectivity index (χ1v) is 11.5. The summed E-state index contributed by atoms with van der Waals surface area (Å²) in [5, 5.41) is 18.2. The number of aliphatic hydroxyl groups excluding tert-OH is 1. The Balaban J connectivity index is 1.36. The summed E-state index contributed by atoms with van der Waals surface area (Å²) >= 11 is 0. The lowest BCUT2D eigenvalue weighted by molar-refractivity contribution is -0.0542. The molecule has 1 aliphatic rings. The van der Waals surface area contributed by atoms with Crippen LogP contribution in [0.1, 0.15) is 19.3 Å². The maximum Gasteiger partial charge on any atom is 0.187 e. The summed E-state index contributed by atoms with van der Waals surface area (Å²) in [6, 6.07) is 12.4. The van der Waals surface area contributed by atoms with Gasteiger partial charge in [-0.15, -0.1) is 10.2 Å². The predicted molar refractivity (Wildman–Crippen MR) is 126 cm³/mol. The Kier molecular flexibility index (Phi) is 6.40. The molecule has 0 aliphatic carbocycles. The molecular formula is C25H28FN5O3. The van der Waals surface area contributed by atoms with Gasteiger partial charge >= 0.3 is 0 Å². The minimum Gasteiger partial charge on any atom is -0.490 e. The summed E-state index contributed by atoms with van der Waals surface area (Å²) in [5.74, 6) is 0.549. The second-order valence-corrected chi connectivity index (χ2v) is 8.72. The van der Waals surface area contributed by atoms with Gasteiger partial charge in [-0.1, -0.05) is 12.1 Å². The van der Waals surface area contributed by atoms with Crippen LogP contribution in [-0.2, 0) is 4.74 Å². The van der Waals surface area contributed by atoms with Crippen LogP contribution in [0.5, 0.6) is 5.75 Å². The van der Waals surface area contributed by atoms with Crippen molar-refractivity contribution in [1.29, 1.82) is 0 Å². The Bertz CT molecular complexity index is 1300. The molecule has 178 valence electrons. The molecule has 34 heavy (non-hydrogen) atoms. The van der Waals surface area contributed by atoms with Crippen LogP contribution in [0.25, 0.3) is 28.1 Å². The molecular weight excluding hydrogens is 437 g/mol. The molecule has 1 atom stereocenters. The molecule has 0 saturated carbocycles. The minimum atomic E-state index is -0.454. The molecule has 4 heterocycles. The van der Waals surface area contributed by atoms with Crippen molar-refractivity contribution in [3.05, 3.63) is 54.5 Å². The summed E-state index contributed by atoms with van der Waals surface area (Å²) in [6.45, 7) is 2.89. The number of nitrogens with zero attached hydrogens (tertiary/aromatic N) is 5. The fourth-order valence-electron chi connectivity index (χ4n) is 4.60. The number of aliphatic hydroxyl groups is 1. The average Bonchev–Trinajstić information content (AvgIpc) is 3.19. The van der Waals surface area contributed by atoms with Gasteiger partial charge in [0.15, 0.2) is 17.3 Å². The Labute approximate surface area is 197 Å². The van der Waals surface area contributed by atoms with Crippen molar-refractivity contribution >= 4 is 16.6 Å². The van der Waals surface area contributed by atoms with Gasteiger partial charge in [0.25, 0.3) is 0 Å². The molecule has 5 rings (SSSR count). The third-order valence-electron chi connectivity index (χ3n) is 6.60. The molecule has 1 unspecified atom stereocenters. The van der Waals surface area contributed by atoms with Crippen molar-refractivity contribution in [3.63, 3.8) is 0 Å². The molecule has 9 heteroatoms. The quantitative estimate of drug-likeness (QED) is 0.448. The number of halogens is 1. The fourth-order valence-corrected chi connectivity index (χ4v) is 4.60. The number of ether oxygens (including phenoxy) is 2. The third kappa shape index (κ3) is 4.46. The number of aromatic nitrogens is 4. The van der Waals surface area contributed by atoms with Crippen LogP contribution >= 0.6 is 0 Å². The van der Waals surface area contributed by atoms with Crippen LogP contribution < -0.4 is 4.74 Å². The van der Waals surface area contributed by atoms with E-state index in [1.54, 1.807) is 13.2 Å². The number of methoxy groups -OCH3 is 1. The lowest BCUT2D eigenvalue weighted by Crippen LogP contribution is -2.39. The van der Waals surface area contributed by atoms with Crippen molar-refractivity contribution < 1.29 is 19.0 Å². The van der Waals surface area contributed by atoms with Gasteiger partial charge in [0, 0.05) is 37.8 Å². The van der Waals surface area contributed by atoms with E-state index >= 15 is 4.39 Å². The zero-order valence-electron chi connectivity index (χ0n) is 19.2. The number of β-amino-alcohol motifs (C(OH)–C–C–N with tert-alkyl or cyclic N) is 1. The molecule has 0 amide bonds. The number of rotatable bonds is 7. The Morgan fingerprint density at radius 1 is 1.12 bits per heavy atom. The highest BCUT2D eigenvalue weighted by Gasteiger charge is 2.33. The Morgan fingerprint density at radius 2 is 2.03 bits per heavy atom. The van der Waals surface area contributed by atoms with Crippen LogP contribution in [0.4, 0.5) is 4.39 Å². The van der Waals surface area contributed by atoms with Crippen LogP contribution in [0.2, 0.25) is 0 Å². The van der Waals surface area contributed by atoms with Crippen molar-refractivity contribution in [3.8, 4) is 17.3 Å². The normalized spacial score (nSPS) is 19.5. The second kappa shape index (κ2) is 9.61. The van der Waals surface area contributed by atoms with E-state index in [1.807, 2.05) is 40.9 Å². The molecule has 4 aromatic rings. The molecule has 0 radical (unpaired) electrons. The minimum absolute atomic E-state index is 0.149. The first-order chi connectivity index (χ1) is 16.6. The molecule has 1 N–H and O–H groups in total. The van der Waals surface area contributed by atoms with E-state index in [4.69, 9.17) is 9.47 Å². The van der Waals surface area contributed by atoms with Gasteiger partial charge in [-0.3, -0.25) is 4.40 Å². The van der Waals surface area contributed by atoms with Crippen LogP contribution in [0.15, 0.2) is 48.7 Å². The maximum absolute atomic E-state index is 15.1. The first-order valence-electron chi connectivity index (χ1n) is 11.5. The van der Waals surface area contributed by atoms with Gasteiger partial charge in [0.05, 0.1) is 6.61 Å². The van der Waals surface area contributed by atoms with E-state index in [0.29, 0.717) is 41.5 Å². The highest BCUT2D eigenvalue weighted by Crippen LogP contribution is 2.30. The lowest BCUT2D eigenvalue weighted by atomic mass is 9.95. The molecule has 1 fully saturated rings. The van der Waals surface area contributed by atoms with E-state index in [2.05, 4.69) is 20.1 Å². The average molecular weight is 466 g/mol. The van der Waals surface area contributed by atoms with E-state index in [-0.39, 0.29) is 12.1 Å². The first kappa shape index (κ1) is 22.6. The number of hydrogen-bond acceptors (Lipinski definition) is 7. The van der Waals surface area contributed by atoms with Gasteiger partial charge in [0.1, 0.15) is 29.2 Å². The van der Waals surface area contributed by atoms with Gasteiger partial charge in [-0.25, -0.2) is 9.37 Å². The second-order valence-electron chi connectivity index (χ2n) is 8.72. The van der Waals surface area contributed by atoms with Crippen LogP contribution in [0.3, 0.4) is 0 Å². The Morgan fingerprint density at radius 3 is 2.88 bits per heavy atom. The van der Waals surface area contributed by atoms with Crippen LogP contribution in [0, 0.1) is 5.82 Å². The smallest absolute Gasteiger partial charge is 0.187 e. The van der Waals surface area contributed by atoms with Gasteiger partial charge in [-0.2, -0.15) is 0 Å². The van der Waals surface area contributed by atoms with Crippen molar-refractivity contribution in [2.75, 3.05) is 40.0 Å². The predicted octanol–water partition coefficient (Wildman–Crippen LogP) is 3.33. The molecule has 0 bridgehead atoms. The summed E-state index contributed by atoms with van der Waals surface area (Å²) in [7, 11) is 1.70. The Hall–Kier alpha value is -3.14. The van der Waals surface area contributed by atoms with Gasteiger partial charge in [-0.05, 0) is 50.1 Å². The number of benzene rings is 1. The summed E-state index contributed by atoms with van der Waals surface area (Å²) in [4.78, 5) is 6.76. The summed E-state index contributed by atoms with van der Waals surface area (Å²) in [5.41, 5.74) is 1.07. The highest BCUT2D eigenvalue weighted by molar-refractivity contribution is 5.83.